The lowest BCUT2D eigenvalue weighted by Gasteiger charge is -2.39. The van der Waals surface area contributed by atoms with Crippen molar-refractivity contribution in [2.45, 2.75) is 31.6 Å². The van der Waals surface area contributed by atoms with Crippen LogP contribution in [0.3, 0.4) is 0 Å². The standard InChI is InChI=1S/C53H41OP/c1-36-20-26-39(27-21-36)52(40-28-22-37(2)23-29-40)46-16-10-18-48-50(46)51-47(52)17-11-19-49(51)53(48,41-30-24-38(3)25-31-41)42-32-34-45(35-33-42)55(54,43-12-6-4-7-13-43)44-14-8-5-9-15-44/h4-35H,1-3H3. The molecule has 0 heterocycles. The molecule has 10 rings (SSSR count). The molecule has 0 atom stereocenters. The van der Waals surface area contributed by atoms with Crippen LogP contribution < -0.4 is 15.9 Å². The fourth-order valence-corrected chi connectivity index (χ4v) is 12.5. The molecule has 0 bridgehead atoms. The second kappa shape index (κ2) is 12.5. The lowest BCUT2D eigenvalue weighted by molar-refractivity contribution is 0.592. The van der Waals surface area contributed by atoms with Crippen LogP contribution in [0.1, 0.15) is 61.2 Å². The molecular formula is C53H41OP. The zero-order valence-electron chi connectivity index (χ0n) is 31.3. The van der Waals surface area contributed by atoms with Gasteiger partial charge in [0.1, 0.15) is 0 Å². The molecule has 1 nitrogen and oxygen atoms in total. The molecule has 0 aromatic heterocycles. The Morgan fingerprint density at radius 3 is 0.891 bits per heavy atom. The number of benzene rings is 8. The van der Waals surface area contributed by atoms with Crippen molar-refractivity contribution >= 4 is 23.1 Å². The average molecular weight is 725 g/mol. The maximum atomic E-state index is 15.5. The fraction of sp³-hybridized carbons (Fsp3) is 0.0943. The third kappa shape index (κ3) is 4.63. The molecule has 55 heavy (non-hydrogen) atoms. The molecule has 8 aromatic carbocycles. The van der Waals surface area contributed by atoms with Crippen molar-refractivity contribution in [2.75, 3.05) is 0 Å². The molecule has 2 aliphatic carbocycles. The minimum absolute atomic E-state index is 0.473. The van der Waals surface area contributed by atoms with Gasteiger partial charge in [0.2, 0.25) is 0 Å². The first-order valence-corrected chi connectivity index (χ1v) is 20.9. The Balaban J connectivity index is 1.26. The van der Waals surface area contributed by atoms with Gasteiger partial charge in [-0.15, -0.1) is 0 Å². The van der Waals surface area contributed by atoms with Crippen molar-refractivity contribution in [3.05, 3.63) is 255 Å². The van der Waals surface area contributed by atoms with E-state index in [1.807, 2.05) is 60.7 Å². The van der Waals surface area contributed by atoms with Crippen LogP contribution in [0, 0.1) is 20.8 Å². The molecule has 2 aliphatic rings. The third-order valence-corrected chi connectivity index (χ3v) is 15.4. The number of hydrogen-bond acceptors (Lipinski definition) is 1. The summed E-state index contributed by atoms with van der Waals surface area (Å²) in [7, 11) is -3.15. The van der Waals surface area contributed by atoms with Gasteiger partial charge in [-0.05, 0) is 76.4 Å². The number of aryl methyl sites for hydroxylation is 3. The van der Waals surface area contributed by atoms with E-state index in [0.717, 1.165) is 15.9 Å². The predicted molar refractivity (Wildman–Crippen MR) is 229 cm³/mol. The highest BCUT2D eigenvalue weighted by molar-refractivity contribution is 7.85. The summed E-state index contributed by atoms with van der Waals surface area (Å²) in [4.78, 5) is 0. The Morgan fingerprint density at radius 2 is 0.582 bits per heavy atom. The smallest absolute Gasteiger partial charge is 0.171 e. The van der Waals surface area contributed by atoms with Gasteiger partial charge in [0, 0.05) is 15.9 Å². The molecule has 0 aliphatic heterocycles. The third-order valence-electron chi connectivity index (χ3n) is 12.4. The van der Waals surface area contributed by atoms with E-state index in [1.165, 1.54) is 72.3 Å². The van der Waals surface area contributed by atoms with Crippen molar-refractivity contribution in [3.63, 3.8) is 0 Å². The fourth-order valence-electron chi connectivity index (χ4n) is 9.82. The van der Waals surface area contributed by atoms with Gasteiger partial charge in [0.25, 0.3) is 0 Å². The molecule has 0 saturated heterocycles. The van der Waals surface area contributed by atoms with Gasteiger partial charge in [0.05, 0.1) is 10.8 Å². The first kappa shape index (κ1) is 33.6. The van der Waals surface area contributed by atoms with Gasteiger partial charge in [-0.2, -0.15) is 0 Å². The zero-order chi connectivity index (χ0) is 37.4. The van der Waals surface area contributed by atoms with E-state index in [9.17, 15) is 0 Å². The molecule has 264 valence electrons. The monoisotopic (exact) mass is 724 g/mol. The van der Waals surface area contributed by atoms with E-state index < -0.39 is 18.0 Å². The quantitative estimate of drug-likeness (QED) is 0.150. The topological polar surface area (TPSA) is 17.1 Å². The second-order valence-corrected chi connectivity index (χ2v) is 18.1. The Labute approximate surface area is 324 Å². The summed E-state index contributed by atoms with van der Waals surface area (Å²) in [6, 6.07) is 70.1. The summed E-state index contributed by atoms with van der Waals surface area (Å²) in [5.41, 5.74) is 15.5. The lowest BCUT2D eigenvalue weighted by atomic mass is 9.62. The summed E-state index contributed by atoms with van der Waals surface area (Å²) in [6.07, 6.45) is 0. The van der Waals surface area contributed by atoms with Crippen LogP contribution in [0.25, 0.3) is 11.1 Å². The minimum Gasteiger partial charge on any atom is -0.309 e. The van der Waals surface area contributed by atoms with E-state index in [0.29, 0.717) is 0 Å². The molecule has 0 radical (unpaired) electrons. The lowest BCUT2D eigenvalue weighted by Crippen LogP contribution is -2.33. The van der Waals surface area contributed by atoms with Crippen LogP contribution in [0.15, 0.2) is 194 Å². The van der Waals surface area contributed by atoms with Crippen molar-refractivity contribution in [1.29, 1.82) is 0 Å². The molecule has 8 aromatic rings. The van der Waals surface area contributed by atoms with Gasteiger partial charge in [-0.3, -0.25) is 0 Å². The summed E-state index contributed by atoms with van der Waals surface area (Å²) in [5, 5.41) is 2.51. The van der Waals surface area contributed by atoms with Crippen LogP contribution in [0.5, 0.6) is 0 Å². The Kier molecular flexibility index (Phi) is 7.64. The first-order valence-electron chi connectivity index (χ1n) is 19.2. The van der Waals surface area contributed by atoms with Crippen molar-refractivity contribution in [3.8, 4) is 11.1 Å². The van der Waals surface area contributed by atoms with E-state index in [2.05, 4.69) is 154 Å². The highest BCUT2D eigenvalue weighted by Gasteiger charge is 2.56. The number of hydrogen-bond donors (Lipinski definition) is 0. The summed E-state index contributed by atoms with van der Waals surface area (Å²) < 4.78 is 15.5. The van der Waals surface area contributed by atoms with E-state index in [1.54, 1.807) is 0 Å². The largest absolute Gasteiger partial charge is 0.309 e. The maximum Gasteiger partial charge on any atom is 0.171 e. The summed E-state index contributed by atoms with van der Waals surface area (Å²) >= 11 is 0. The van der Waals surface area contributed by atoms with Crippen molar-refractivity contribution in [1.82, 2.24) is 0 Å². The molecule has 0 spiro atoms. The van der Waals surface area contributed by atoms with E-state index in [4.69, 9.17) is 0 Å². The SMILES string of the molecule is Cc1ccc(C2(c3ccc(C)cc3)c3cccc4c3-c3c2cccc3C4(c2ccc(C)cc2)c2ccc(P(=O)(c3ccccc3)c3ccccc3)cc2)cc1. The van der Waals surface area contributed by atoms with Gasteiger partial charge < -0.3 is 4.57 Å². The maximum absolute atomic E-state index is 15.5. The zero-order valence-corrected chi connectivity index (χ0v) is 32.2. The number of rotatable bonds is 7. The molecule has 0 saturated carbocycles. The minimum atomic E-state index is -3.15. The van der Waals surface area contributed by atoms with Crippen molar-refractivity contribution < 1.29 is 4.57 Å². The highest BCUT2D eigenvalue weighted by atomic mass is 31.2. The van der Waals surface area contributed by atoms with Crippen LogP contribution in [0.2, 0.25) is 0 Å². The Bertz CT molecular complexity index is 2620. The molecular weight excluding hydrogens is 684 g/mol. The van der Waals surface area contributed by atoms with Crippen LogP contribution >= 0.6 is 7.14 Å². The normalized spacial score (nSPS) is 14.5. The van der Waals surface area contributed by atoms with Crippen molar-refractivity contribution in [2.24, 2.45) is 0 Å². The summed E-state index contributed by atoms with van der Waals surface area (Å²) in [5.74, 6) is 0. The Hall–Kier alpha value is -6.01. The molecule has 0 unspecified atom stereocenters. The van der Waals surface area contributed by atoms with Gasteiger partial charge in [-0.25, -0.2) is 0 Å². The highest BCUT2D eigenvalue weighted by Crippen LogP contribution is 2.66. The van der Waals surface area contributed by atoms with Gasteiger partial charge >= 0.3 is 0 Å². The summed E-state index contributed by atoms with van der Waals surface area (Å²) in [6.45, 7) is 6.49. The predicted octanol–water partition coefficient (Wildman–Crippen LogP) is 11.3. The second-order valence-electron chi connectivity index (χ2n) is 15.4. The molecule has 0 amide bonds. The molecule has 2 heteroatoms. The van der Waals surface area contributed by atoms with Crippen LogP contribution in [-0.4, -0.2) is 0 Å². The molecule has 0 N–H and O–H groups in total. The molecule has 0 fully saturated rings. The first-order chi connectivity index (χ1) is 26.9. The van der Waals surface area contributed by atoms with Crippen LogP contribution in [0.4, 0.5) is 0 Å². The average Bonchev–Trinajstić information content (AvgIpc) is 3.72. The van der Waals surface area contributed by atoms with E-state index in [-0.39, 0.29) is 0 Å². The van der Waals surface area contributed by atoms with E-state index >= 15 is 4.57 Å². The van der Waals surface area contributed by atoms with Gasteiger partial charge in [0.15, 0.2) is 7.14 Å². The van der Waals surface area contributed by atoms with Crippen LogP contribution in [-0.2, 0) is 15.4 Å². The van der Waals surface area contributed by atoms with Gasteiger partial charge in [-0.1, -0.05) is 211 Å². The Morgan fingerprint density at radius 1 is 0.309 bits per heavy atom.